The molecule has 0 aromatic carbocycles. The molecule has 0 amide bonds. The number of rotatable bonds is 4. The van der Waals surface area contributed by atoms with E-state index in [0.717, 1.165) is 0 Å². The largest absolute Gasteiger partial charge is 0.479 e. The van der Waals surface area contributed by atoms with Crippen LogP contribution >= 0.6 is 0 Å². The summed E-state index contributed by atoms with van der Waals surface area (Å²) in [5.41, 5.74) is 0. The van der Waals surface area contributed by atoms with Crippen molar-refractivity contribution in [3.63, 3.8) is 0 Å². The predicted molar refractivity (Wildman–Crippen MR) is 28.6 cm³/mol. The maximum atomic E-state index is 10.0. The Balaban J connectivity index is 3.54. The summed E-state index contributed by atoms with van der Waals surface area (Å²) >= 11 is 0. The van der Waals surface area contributed by atoms with Crippen LogP contribution in [0, 0.1) is 0 Å². The Morgan fingerprint density at radius 3 is 2.56 bits per heavy atom. The molecular weight excluding hydrogens is 126 g/mol. The highest BCUT2D eigenvalue weighted by atomic mass is 16.6. The molecule has 9 heavy (non-hydrogen) atoms. The van der Waals surface area contributed by atoms with Gasteiger partial charge in [-0.3, -0.25) is 4.84 Å². The van der Waals surface area contributed by atoms with E-state index in [1.807, 2.05) is 0 Å². The monoisotopic (exact) mass is 135 g/mol. The van der Waals surface area contributed by atoms with E-state index in [0.29, 0.717) is 0 Å². The zero-order valence-electron chi connectivity index (χ0n) is 5.03. The van der Waals surface area contributed by atoms with E-state index < -0.39 is 12.1 Å². The summed E-state index contributed by atoms with van der Waals surface area (Å²) in [5.74, 6) is 3.47. The molecule has 0 spiro atoms. The summed E-state index contributed by atoms with van der Waals surface area (Å²) in [7, 11) is 1.37. The molecule has 0 saturated heterocycles. The minimum Gasteiger partial charge on any atom is -0.479 e. The lowest BCUT2D eigenvalue weighted by molar-refractivity contribution is -0.154. The minimum absolute atomic E-state index is 0.0359. The maximum Gasteiger partial charge on any atom is 0.337 e. The van der Waals surface area contributed by atoms with Gasteiger partial charge >= 0.3 is 5.97 Å². The second-order valence-corrected chi connectivity index (χ2v) is 1.42. The highest BCUT2D eigenvalue weighted by Gasteiger charge is 2.15. The second-order valence-electron chi connectivity index (χ2n) is 1.42. The number of ether oxygens (including phenoxy) is 1. The molecule has 0 unspecified atom stereocenters. The molecule has 5 heteroatoms. The molecule has 3 N–H and O–H groups in total. The number of hydrogen-bond donors (Lipinski definition) is 2. The topological polar surface area (TPSA) is 81.8 Å². The summed E-state index contributed by atoms with van der Waals surface area (Å²) in [6, 6.07) is 0. The summed E-state index contributed by atoms with van der Waals surface area (Å²) in [6.45, 7) is -0.0359. The van der Waals surface area contributed by atoms with Crippen LogP contribution in [0.4, 0.5) is 0 Å². The number of nitrogens with two attached hydrogens (primary N) is 1. The van der Waals surface area contributed by atoms with Gasteiger partial charge in [0.25, 0.3) is 0 Å². The SMILES string of the molecule is COC[C@H](ON)C(=O)O. The van der Waals surface area contributed by atoms with Crippen LogP contribution in [-0.2, 0) is 14.4 Å². The summed E-state index contributed by atoms with van der Waals surface area (Å²) in [5, 5.41) is 8.22. The molecule has 0 rings (SSSR count). The van der Waals surface area contributed by atoms with Crippen LogP contribution < -0.4 is 5.90 Å². The average molecular weight is 135 g/mol. The molecule has 0 aliphatic carbocycles. The molecule has 5 nitrogen and oxygen atoms in total. The fraction of sp³-hybridized carbons (Fsp3) is 0.750. The fourth-order valence-electron chi connectivity index (χ4n) is 0.320. The van der Waals surface area contributed by atoms with Crippen molar-refractivity contribution in [3.05, 3.63) is 0 Å². The standard InChI is InChI=1S/C4H9NO4/c1-8-2-3(9-5)4(6)7/h3H,2,5H2,1H3,(H,6,7)/t3-/m0/s1. The molecule has 54 valence electrons. The Labute approximate surface area is 52.3 Å². The first-order valence-corrected chi connectivity index (χ1v) is 2.29. The van der Waals surface area contributed by atoms with Crippen LogP contribution in [0.5, 0.6) is 0 Å². The van der Waals surface area contributed by atoms with Crippen LogP contribution in [0.25, 0.3) is 0 Å². The van der Waals surface area contributed by atoms with Gasteiger partial charge in [0, 0.05) is 7.11 Å². The molecular formula is C4H9NO4. The lowest BCUT2D eigenvalue weighted by atomic mass is 10.4. The highest BCUT2D eigenvalue weighted by Crippen LogP contribution is 1.86. The van der Waals surface area contributed by atoms with E-state index in [1.54, 1.807) is 0 Å². The summed E-state index contributed by atoms with van der Waals surface area (Å²) < 4.78 is 4.47. The number of aliphatic carboxylic acids is 1. The molecule has 0 aliphatic rings. The van der Waals surface area contributed by atoms with E-state index in [9.17, 15) is 4.79 Å². The Morgan fingerprint density at radius 1 is 1.89 bits per heavy atom. The quantitative estimate of drug-likeness (QED) is 0.482. The van der Waals surface area contributed by atoms with Crippen molar-refractivity contribution >= 4 is 5.97 Å². The van der Waals surface area contributed by atoms with Gasteiger partial charge in [-0.15, -0.1) is 0 Å². The van der Waals surface area contributed by atoms with E-state index in [2.05, 4.69) is 15.5 Å². The highest BCUT2D eigenvalue weighted by molar-refractivity contribution is 5.72. The van der Waals surface area contributed by atoms with Gasteiger partial charge < -0.3 is 9.84 Å². The number of methoxy groups -OCH3 is 1. The first-order chi connectivity index (χ1) is 4.22. The van der Waals surface area contributed by atoms with Gasteiger partial charge in [0.15, 0.2) is 6.10 Å². The number of hydrogen-bond acceptors (Lipinski definition) is 4. The normalized spacial score (nSPS) is 13.1. The Morgan fingerprint density at radius 2 is 2.44 bits per heavy atom. The first kappa shape index (κ1) is 8.35. The molecule has 0 saturated carbocycles. The number of carboxylic acids is 1. The zero-order chi connectivity index (χ0) is 7.28. The van der Waals surface area contributed by atoms with E-state index in [4.69, 9.17) is 5.11 Å². The summed E-state index contributed by atoms with van der Waals surface area (Å²) in [4.78, 5) is 14.1. The van der Waals surface area contributed by atoms with Crippen LogP contribution in [0.2, 0.25) is 0 Å². The van der Waals surface area contributed by atoms with Crippen LogP contribution in [0.3, 0.4) is 0 Å². The number of carboxylic acid groups (broad SMARTS) is 1. The van der Waals surface area contributed by atoms with Gasteiger partial charge in [0.1, 0.15) is 0 Å². The van der Waals surface area contributed by atoms with Gasteiger partial charge in [-0.05, 0) is 0 Å². The van der Waals surface area contributed by atoms with Crippen molar-refractivity contribution in [3.8, 4) is 0 Å². The first-order valence-electron chi connectivity index (χ1n) is 2.29. The van der Waals surface area contributed by atoms with Crippen molar-refractivity contribution < 1.29 is 19.5 Å². The van der Waals surface area contributed by atoms with Crippen LogP contribution in [0.1, 0.15) is 0 Å². The van der Waals surface area contributed by atoms with Crippen molar-refractivity contribution in [2.75, 3.05) is 13.7 Å². The average Bonchev–Trinajstić information content (AvgIpc) is 1.82. The minimum atomic E-state index is -1.13. The van der Waals surface area contributed by atoms with Crippen molar-refractivity contribution in [2.24, 2.45) is 5.90 Å². The third kappa shape index (κ3) is 3.02. The Hall–Kier alpha value is -0.650. The Kier molecular flexibility index (Phi) is 3.94. The third-order valence-corrected chi connectivity index (χ3v) is 0.758. The second kappa shape index (κ2) is 4.25. The van der Waals surface area contributed by atoms with Crippen molar-refractivity contribution in [2.45, 2.75) is 6.10 Å². The van der Waals surface area contributed by atoms with Gasteiger partial charge in [-0.2, -0.15) is 0 Å². The summed E-state index contributed by atoms with van der Waals surface area (Å²) in [6.07, 6.45) is -1.06. The molecule has 0 aliphatic heterocycles. The molecule has 0 radical (unpaired) electrons. The van der Waals surface area contributed by atoms with Gasteiger partial charge in [-0.1, -0.05) is 0 Å². The Bertz CT molecular complexity index is 94.6. The lowest BCUT2D eigenvalue weighted by Crippen LogP contribution is -2.31. The molecule has 0 aromatic heterocycles. The smallest absolute Gasteiger partial charge is 0.337 e. The molecule has 0 fully saturated rings. The van der Waals surface area contributed by atoms with Crippen molar-refractivity contribution in [1.82, 2.24) is 0 Å². The van der Waals surface area contributed by atoms with E-state index in [1.165, 1.54) is 7.11 Å². The maximum absolute atomic E-state index is 10.0. The number of carbonyl (C=O) groups is 1. The van der Waals surface area contributed by atoms with E-state index >= 15 is 0 Å². The zero-order valence-corrected chi connectivity index (χ0v) is 5.03. The lowest BCUT2D eigenvalue weighted by Gasteiger charge is -2.06. The molecule has 0 bridgehead atoms. The third-order valence-electron chi connectivity index (χ3n) is 0.758. The van der Waals surface area contributed by atoms with E-state index in [-0.39, 0.29) is 6.61 Å². The predicted octanol–water partition coefficient (Wildman–Crippen LogP) is -1.02. The molecule has 0 aromatic rings. The van der Waals surface area contributed by atoms with Gasteiger partial charge in [0.2, 0.25) is 0 Å². The van der Waals surface area contributed by atoms with Crippen molar-refractivity contribution in [1.29, 1.82) is 0 Å². The molecule has 0 heterocycles. The fourth-order valence-corrected chi connectivity index (χ4v) is 0.320. The van der Waals surface area contributed by atoms with Crippen LogP contribution in [-0.4, -0.2) is 30.9 Å². The molecule has 1 atom stereocenters. The van der Waals surface area contributed by atoms with Gasteiger partial charge in [-0.25, -0.2) is 10.7 Å². The van der Waals surface area contributed by atoms with Gasteiger partial charge in [0.05, 0.1) is 6.61 Å². The van der Waals surface area contributed by atoms with Crippen LogP contribution in [0.15, 0.2) is 0 Å².